The van der Waals surface area contributed by atoms with E-state index in [9.17, 15) is 0 Å². The van der Waals surface area contributed by atoms with Crippen molar-refractivity contribution in [2.45, 2.75) is 19.5 Å². The summed E-state index contributed by atoms with van der Waals surface area (Å²) in [4.78, 5) is 9.60. The van der Waals surface area contributed by atoms with E-state index in [4.69, 9.17) is 0 Å². The molecule has 2 heterocycles. The van der Waals surface area contributed by atoms with Crippen molar-refractivity contribution in [3.05, 3.63) is 29.6 Å². The lowest BCUT2D eigenvalue weighted by Gasteiger charge is -2.19. The Morgan fingerprint density at radius 2 is 2.00 bits per heavy atom. The predicted octanol–water partition coefficient (Wildman–Crippen LogP) is 0.939. The van der Waals surface area contributed by atoms with Crippen molar-refractivity contribution in [3.8, 4) is 0 Å². The maximum absolute atomic E-state index is 4.69. The molecule has 1 N–H and O–H groups in total. The maximum atomic E-state index is 4.69. The van der Waals surface area contributed by atoms with E-state index in [1.54, 1.807) is 0 Å². The summed E-state index contributed by atoms with van der Waals surface area (Å²) in [6.45, 7) is 6.53. The predicted molar refractivity (Wildman–Crippen MR) is 74.4 cm³/mol. The fourth-order valence-electron chi connectivity index (χ4n) is 2.38. The molecule has 0 atom stereocenters. The van der Waals surface area contributed by atoms with E-state index in [1.165, 1.54) is 25.2 Å². The van der Waals surface area contributed by atoms with Crippen LogP contribution in [0.15, 0.2) is 18.2 Å². The van der Waals surface area contributed by atoms with E-state index in [0.717, 1.165) is 31.9 Å². The molecule has 4 nitrogen and oxygen atoms in total. The molecule has 1 saturated heterocycles. The highest BCUT2D eigenvalue weighted by Crippen LogP contribution is 2.07. The lowest BCUT2D eigenvalue weighted by atomic mass is 10.2. The minimum atomic E-state index is 0.844. The molecule has 0 radical (unpaired) electrons. The molecule has 0 saturated carbocycles. The average Bonchev–Trinajstić information content (AvgIpc) is 2.56. The molecule has 0 aliphatic carbocycles. The van der Waals surface area contributed by atoms with Gasteiger partial charge in [-0.1, -0.05) is 6.07 Å². The molecule has 0 unspecified atom stereocenters. The molecule has 1 fully saturated rings. The number of likely N-dealkylation sites (N-methyl/N-ethyl adjacent to an activating group) is 1. The molecule has 1 aromatic rings. The van der Waals surface area contributed by atoms with E-state index in [0.29, 0.717) is 0 Å². The van der Waals surface area contributed by atoms with E-state index in [2.05, 4.69) is 45.3 Å². The minimum Gasteiger partial charge on any atom is -0.314 e. The summed E-state index contributed by atoms with van der Waals surface area (Å²) in [6, 6.07) is 6.32. The first-order valence-electron chi connectivity index (χ1n) is 6.78. The van der Waals surface area contributed by atoms with Gasteiger partial charge in [-0.3, -0.25) is 9.88 Å². The van der Waals surface area contributed by atoms with Crippen LogP contribution in [0.3, 0.4) is 0 Å². The fraction of sp³-hybridized carbons (Fsp3) is 0.643. The fourth-order valence-corrected chi connectivity index (χ4v) is 2.38. The summed E-state index contributed by atoms with van der Waals surface area (Å²) in [5.74, 6) is 0. The summed E-state index contributed by atoms with van der Waals surface area (Å²) in [6.07, 6.45) is 1.26. The van der Waals surface area contributed by atoms with E-state index in [-0.39, 0.29) is 0 Å². The first kappa shape index (κ1) is 13.5. The summed E-state index contributed by atoms with van der Waals surface area (Å²) in [5.41, 5.74) is 2.31. The number of rotatable bonds is 4. The first-order chi connectivity index (χ1) is 8.78. The quantitative estimate of drug-likeness (QED) is 0.859. The van der Waals surface area contributed by atoms with Crippen LogP contribution in [0.5, 0.6) is 0 Å². The van der Waals surface area contributed by atoms with Crippen LogP contribution in [0.25, 0.3) is 0 Å². The molecule has 1 aliphatic rings. The Morgan fingerprint density at radius 3 is 2.83 bits per heavy atom. The van der Waals surface area contributed by atoms with Crippen LogP contribution >= 0.6 is 0 Å². The normalized spacial score (nSPS) is 18.8. The van der Waals surface area contributed by atoms with Crippen molar-refractivity contribution in [1.82, 2.24) is 20.1 Å². The Labute approximate surface area is 110 Å². The van der Waals surface area contributed by atoms with Gasteiger partial charge in [-0.05, 0) is 45.7 Å². The molecule has 1 aromatic heterocycles. The molecule has 0 amide bonds. The second-order valence-corrected chi connectivity index (χ2v) is 5.08. The van der Waals surface area contributed by atoms with Gasteiger partial charge in [0.15, 0.2) is 0 Å². The van der Waals surface area contributed by atoms with Crippen molar-refractivity contribution in [2.24, 2.45) is 0 Å². The standard InChI is InChI=1S/C14H24N4/c1-15-11-13-5-3-6-14(16-13)12-18-8-4-7-17(2)9-10-18/h3,5-6,15H,4,7-12H2,1-2H3. The van der Waals surface area contributed by atoms with Crippen LogP contribution in [0.2, 0.25) is 0 Å². The number of pyridine rings is 1. The van der Waals surface area contributed by atoms with Gasteiger partial charge in [-0.15, -0.1) is 0 Å². The Bertz CT molecular complexity index is 367. The maximum Gasteiger partial charge on any atom is 0.0547 e. The van der Waals surface area contributed by atoms with Gasteiger partial charge in [-0.2, -0.15) is 0 Å². The van der Waals surface area contributed by atoms with Crippen molar-refractivity contribution in [3.63, 3.8) is 0 Å². The molecule has 0 spiro atoms. The molecule has 2 rings (SSSR count). The number of nitrogens with one attached hydrogen (secondary N) is 1. The highest BCUT2D eigenvalue weighted by molar-refractivity contribution is 5.11. The molecule has 100 valence electrons. The Balaban J connectivity index is 1.93. The zero-order chi connectivity index (χ0) is 12.8. The van der Waals surface area contributed by atoms with E-state index >= 15 is 0 Å². The molecular weight excluding hydrogens is 224 g/mol. The summed E-state index contributed by atoms with van der Waals surface area (Å²) < 4.78 is 0. The lowest BCUT2D eigenvalue weighted by molar-refractivity contribution is 0.266. The molecule has 18 heavy (non-hydrogen) atoms. The average molecular weight is 248 g/mol. The van der Waals surface area contributed by atoms with Crippen LogP contribution in [0, 0.1) is 0 Å². The number of hydrogen-bond donors (Lipinski definition) is 1. The first-order valence-corrected chi connectivity index (χ1v) is 6.78. The summed E-state index contributed by atoms with van der Waals surface area (Å²) in [7, 11) is 4.16. The van der Waals surface area contributed by atoms with Crippen LogP contribution in [0.1, 0.15) is 17.8 Å². The second-order valence-electron chi connectivity index (χ2n) is 5.08. The van der Waals surface area contributed by atoms with Gasteiger partial charge >= 0.3 is 0 Å². The molecule has 4 heteroatoms. The van der Waals surface area contributed by atoms with Gasteiger partial charge in [0.1, 0.15) is 0 Å². The Kier molecular flexibility index (Phi) is 5.11. The Hall–Kier alpha value is -0.970. The Morgan fingerprint density at radius 1 is 1.17 bits per heavy atom. The van der Waals surface area contributed by atoms with Crippen LogP contribution in [-0.2, 0) is 13.1 Å². The van der Waals surface area contributed by atoms with Crippen molar-refractivity contribution < 1.29 is 0 Å². The van der Waals surface area contributed by atoms with E-state index in [1.807, 2.05) is 7.05 Å². The lowest BCUT2D eigenvalue weighted by Crippen LogP contribution is -2.29. The zero-order valence-corrected chi connectivity index (χ0v) is 11.5. The monoisotopic (exact) mass is 248 g/mol. The topological polar surface area (TPSA) is 31.4 Å². The highest BCUT2D eigenvalue weighted by atomic mass is 15.2. The third kappa shape index (κ3) is 4.05. The number of hydrogen-bond acceptors (Lipinski definition) is 4. The second kappa shape index (κ2) is 6.83. The zero-order valence-electron chi connectivity index (χ0n) is 11.5. The molecular formula is C14H24N4. The smallest absolute Gasteiger partial charge is 0.0547 e. The van der Waals surface area contributed by atoms with Gasteiger partial charge in [0.25, 0.3) is 0 Å². The van der Waals surface area contributed by atoms with Crippen molar-refractivity contribution in [1.29, 1.82) is 0 Å². The van der Waals surface area contributed by atoms with Crippen LogP contribution in [0.4, 0.5) is 0 Å². The van der Waals surface area contributed by atoms with Crippen LogP contribution in [-0.4, -0.2) is 55.1 Å². The SMILES string of the molecule is CNCc1cccc(CN2CCCN(C)CC2)n1. The molecule has 0 bridgehead atoms. The summed E-state index contributed by atoms with van der Waals surface area (Å²) in [5, 5.41) is 3.15. The third-order valence-electron chi connectivity index (χ3n) is 3.42. The third-order valence-corrected chi connectivity index (χ3v) is 3.42. The molecule has 1 aliphatic heterocycles. The van der Waals surface area contributed by atoms with Gasteiger partial charge in [0.05, 0.1) is 11.4 Å². The van der Waals surface area contributed by atoms with Gasteiger partial charge < -0.3 is 10.2 Å². The van der Waals surface area contributed by atoms with Crippen molar-refractivity contribution >= 4 is 0 Å². The van der Waals surface area contributed by atoms with Crippen LogP contribution < -0.4 is 5.32 Å². The van der Waals surface area contributed by atoms with Crippen molar-refractivity contribution in [2.75, 3.05) is 40.3 Å². The highest BCUT2D eigenvalue weighted by Gasteiger charge is 2.12. The number of aromatic nitrogens is 1. The largest absolute Gasteiger partial charge is 0.314 e. The molecule has 0 aromatic carbocycles. The summed E-state index contributed by atoms with van der Waals surface area (Å²) >= 11 is 0. The van der Waals surface area contributed by atoms with E-state index < -0.39 is 0 Å². The van der Waals surface area contributed by atoms with Gasteiger partial charge in [0.2, 0.25) is 0 Å². The minimum absolute atomic E-state index is 0.844. The van der Waals surface area contributed by atoms with Gasteiger partial charge in [0, 0.05) is 26.2 Å². The van der Waals surface area contributed by atoms with Gasteiger partial charge in [-0.25, -0.2) is 0 Å². The number of nitrogens with zero attached hydrogens (tertiary/aromatic N) is 3.